The number of likely N-dealkylation sites (N-methyl/N-ethyl adjacent to an activating group) is 1. The second-order valence-electron chi connectivity index (χ2n) is 6.56. The summed E-state index contributed by atoms with van der Waals surface area (Å²) in [5.41, 5.74) is 1.17. The summed E-state index contributed by atoms with van der Waals surface area (Å²) in [6, 6.07) is 5.83. The molecule has 1 amide bonds. The second kappa shape index (κ2) is 6.86. The lowest BCUT2D eigenvalue weighted by Gasteiger charge is -2.34. The van der Waals surface area contributed by atoms with Crippen LogP contribution >= 0.6 is 11.6 Å². The van der Waals surface area contributed by atoms with Crippen molar-refractivity contribution >= 4 is 23.4 Å². The number of benzene rings is 1. The first-order valence-electron chi connectivity index (χ1n) is 7.47. The number of carbonyl (C=O) groups excluding carboxylic acids is 1. The van der Waals surface area contributed by atoms with E-state index >= 15 is 0 Å². The minimum atomic E-state index is -0.524. The summed E-state index contributed by atoms with van der Waals surface area (Å²) in [6.07, 6.45) is -0.479. The van der Waals surface area contributed by atoms with Crippen molar-refractivity contribution in [1.29, 1.82) is 0 Å². The molecule has 1 atom stereocenters. The lowest BCUT2D eigenvalue weighted by molar-refractivity contribution is 0.0636. The molecule has 0 radical (unpaired) electrons. The van der Waals surface area contributed by atoms with E-state index in [9.17, 15) is 4.79 Å². The maximum absolute atomic E-state index is 11.8. The topological polar surface area (TPSA) is 53.6 Å². The van der Waals surface area contributed by atoms with Crippen LogP contribution in [0.1, 0.15) is 32.4 Å². The number of nitrogens with zero attached hydrogens (tertiary/aromatic N) is 1. The highest BCUT2D eigenvalue weighted by Gasteiger charge is 2.23. The zero-order chi connectivity index (χ0) is 16.3. The van der Waals surface area contributed by atoms with Crippen molar-refractivity contribution in [1.82, 2.24) is 10.2 Å². The van der Waals surface area contributed by atoms with Crippen molar-refractivity contribution < 1.29 is 9.53 Å². The molecule has 1 aliphatic rings. The highest BCUT2D eigenvalue weighted by Crippen LogP contribution is 2.30. The van der Waals surface area contributed by atoms with Crippen LogP contribution in [0.2, 0.25) is 5.02 Å². The van der Waals surface area contributed by atoms with Gasteiger partial charge in [0.1, 0.15) is 5.60 Å². The van der Waals surface area contributed by atoms with Crippen molar-refractivity contribution in [3.8, 4) is 0 Å². The normalized spacial score (nSPS) is 19.8. The highest BCUT2D eigenvalue weighted by molar-refractivity contribution is 6.31. The van der Waals surface area contributed by atoms with Gasteiger partial charge < -0.3 is 10.1 Å². The molecule has 1 aromatic rings. The van der Waals surface area contributed by atoms with E-state index in [0.29, 0.717) is 10.7 Å². The number of hydrogen-bond acceptors (Lipinski definition) is 4. The Kier molecular flexibility index (Phi) is 5.32. The molecule has 0 aliphatic carbocycles. The molecule has 6 heteroatoms. The van der Waals surface area contributed by atoms with E-state index < -0.39 is 11.7 Å². The maximum Gasteiger partial charge on any atom is 0.412 e. The number of nitrogens with one attached hydrogen (secondary N) is 2. The molecule has 5 nitrogen and oxygen atoms in total. The molecule has 0 saturated carbocycles. The zero-order valence-electron chi connectivity index (χ0n) is 13.6. The molecule has 1 fully saturated rings. The molecule has 2 rings (SSSR count). The molecule has 1 aromatic carbocycles. The number of hydrogen-bond donors (Lipinski definition) is 2. The first kappa shape index (κ1) is 17.1. The van der Waals surface area contributed by atoms with E-state index in [1.807, 2.05) is 32.9 Å². The Labute approximate surface area is 137 Å². The van der Waals surface area contributed by atoms with Gasteiger partial charge in [0.25, 0.3) is 0 Å². The monoisotopic (exact) mass is 325 g/mol. The predicted octanol–water partition coefficient (Wildman–Crippen LogP) is 3.26. The Morgan fingerprint density at radius 3 is 2.77 bits per heavy atom. The van der Waals surface area contributed by atoms with Gasteiger partial charge in [-0.25, -0.2) is 4.79 Å². The quantitative estimate of drug-likeness (QED) is 0.876. The Bertz CT molecular complexity index is 543. The van der Waals surface area contributed by atoms with Gasteiger partial charge in [0.05, 0.1) is 0 Å². The van der Waals surface area contributed by atoms with E-state index in [2.05, 4.69) is 22.6 Å². The molecule has 0 bridgehead atoms. The van der Waals surface area contributed by atoms with Crippen LogP contribution < -0.4 is 10.6 Å². The number of carbonyl (C=O) groups is 1. The van der Waals surface area contributed by atoms with E-state index in [1.54, 1.807) is 6.07 Å². The largest absolute Gasteiger partial charge is 0.444 e. The fraction of sp³-hybridized carbons (Fsp3) is 0.562. The Morgan fingerprint density at radius 1 is 1.45 bits per heavy atom. The third kappa shape index (κ3) is 4.60. The zero-order valence-corrected chi connectivity index (χ0v) is 14.3. The molecule has 1 aliphatic heterocycles. The first-order chi connectivity index (χ1) is 10.3. The van der Waals surface area contributed by atoms with E-state index in [1.165, 1.54) is 0 Å². The predicted molar refractivity (Wildman–Crippen MR) is 89.5 cm³/mol. The van der Waals surface area contributed by atoms with Gasteiger partial charge in [-0.2, -0.15) is 0 Å². The summed E-state index contributed by atoms with van der Waals surface area (Å²) in [4.78, 5) is 14.1. The van der Waals surface area contributed by atoms with Gasteiger partial charge >= 0.3 is 6.09 Å². The number of halogens is 1. The highest BCUT2D eigenvalue weighted by atomic mass is 35.5. The lowest BCUT2D eigenvalue weighted by atomic mass is 10.0. The van der Waals surface area contributed by atoms with Crippen LogP contribution in [-0.4, -0.2) is 43.3 Å². The van der Waals surface area contributed by atoms with Crippen molar-refractivity contribution in [3.63, 3.8) is 0 Å². The third-order valence-corrected chi connectivity index (χ3v) is 3.84. The number of ether oxygens (including phenoxy) is 1. The molecule has 1 saturated heterocycles. The lowest BCUT2D eigenvalue weighted by Crippen LogP contribution is -2.43. The molecule has 122 valence electrons. The van der Waals surface area contributed by atoms with Gasteiger partial charge in [-0.3, -0.25) is 10.2 Å². The van der Waals surface area contributed by atoms with Crippen LogP contribution in [0.3, 0.4) is 0 Å². The van der Waals surface area contributed by atoms with Crippen molar-refractivity contribution in [2.24, 2.45) is 0 Å². The summed E-state index contributed by atoms with van der Waals surface area (Å²) in [6.45, 7) is 8.33. The summed E-state index contributed by atoms with van der Waals surface area (Å²) >= 11 is 6.40. The molecule has 1 heterocycles. The van der Waals surface area contributed by atoms with Crippen molar-refractivity contribution in [3.05, 3.63) is 28.8 Å². The average Bonchev–Trinajstić information content (AvgIpc) is 2.38. The number of rotatable bonds is 2. The number of anilines is 1. The van der Waals surface area contributed by atoms with Crippen molar-refractivity contribution in [2.45, 2.75) is 32.4 Å². The van der Waals surface area contributed by atoms with E-state index in [4.69, 9.17) is 16.3 Å². The maximum atomic E-state index is 11.8. The number of amides is 1. The van der Waals surface area contributed by atoms with Crippen LogP contribution in [-0.2, 0) is 4.74 Å². The minimum absolute atomic E-state index is 0.247. The summed E-state index contributed by atoms with van der Waals surface area (Å²) in [5, 5.41) is 6.73. The fourth-order valence-corrected chi connectivity index (χ4v) is 2.76. The molecular formula is C16H24ClN3O2. The fourth-order valence-electron chi connectivity index (χ4n) is 2.45. The van der Waals surface area contributed by atoms with Gasteiger partial charge in [-0.05, 0) is 45.5 Å². The molecule has 0 aromatic heterocycles. The van der Waals surface area contributed by atoms with Crippen LogP contribution in [0.5, 0.6) is 0 Å². The Morgan fingerprint density at radius 2 is 2.18 bits per heavy atom. The summed E-state index contributed by atoms with van der Waals surface area (Å²) in [5.74, 6) is 0. The summed E-state index contributed by atoms with van der Waals surface area (Å²) in [7, 11) is 2.09. The Hall–Kier alpha value is -1.30. The standard InChI is InChI=1S/C16H24ClN3O2/c1-16(2,3)22-15(21)19-11-5-6-12(13(17)9-11)14-10-18-7-8-20(14)4/h5-6,9,14,18H,7-8,10H2,1-4H3,(H,19,21). The second-order valence-corrected chi connectivity index (χ2v) is 6.97. The minimum Gasteiger partial charge on any atom is -0.444 e. The van der Waals surface area contributed by atoms with Crippen molar-refractivity contribution in [2.75, 3.05) is 32.0 Å². The van der Waals surface area contributed by atoms with Crippen LogP contribution in [0, 0.1) is 0 Å². The first-order valence-corrected chi connectivity index (χ1v) is 7.84. The van der Waals surface area contributed by atoms with E-state index in [0.717, 1.165) is 25.2 Å². The van der Waals surface area contributed by atoms with Crippen LogP contribution in [0.15, 0.2) is 18.2 Å². The molecule has 22 heavy (non-hydrogen) atoms. The average molecular weight is 326 g/mol. The van der Waals surface area contributed by atoms with Gasteiger partial charge in [0, 0.05) is 36.4 Å². The van der Waals surface area contributed by atoms with Crippen LogP contribution in [0.25, 0.3) is 0 Å². The van der Waals surface area contributed by atoms with Gasteiger partial charge in [0.2, 0.25) is 0 Å². The Balaban J connectivity index is 2.08. The van der Waals surface area contributed by atoms with Crippen LogP contribution in [0.4, 0.5) is 10.5 Å². The molecule has 1 unspecified atom stereocenters. The van der Waals surface area contributed by atoms with Gasteiger partial charge in [-0.1, -0.05) is 17.7 Å². The molecule has 0 spiro atoms. The summed E-state index contributed by atoms with van der Waals surface area (Å²) < 4.78 is 5.23. The molecule has 2 N–H and O–H groups in total. The van der Waals surface area contributed by atoms with E-state index in [-0.39, 0.29) is 6.04 Å². The smallest absolute Gasteiger partial charge is 0.412 e. The SMILES string of the molecule is CN1CCNCC1c1ccc(NC(=O)OC(C)(C)C)cc1Cl. The third-order valence-electron chi connectivity index (χ3n) is 3.52. The molecular weight excluding hydrogens is 302 g/mol. The van der Waals surface area contributed by atoms with Gasteiger partial charge in [0.15, 0.2) is 0 Å². The van der Waals surface area contributed by atoms with Gasteiger partial charge in [-0.15, -0.1) is 0 Å². The number of piperazine rings is 1.